The molecular formula is C8H18N2O. The lowest BCUT2D eigenvalue weighted by Crippen LogP contribution is -2.24. The summed E-state index contributed by atoms with van der Waals surface area (Å²) in [4.78, 5) is 2.31. The van der Waals surface area contributed by atoms with E-state index in [2.05, 4.69) is 4.90 Å². The quantitative estimate of drug-likeness (QED) is 0.588. The van der Waals surface area contributed by atoms with Crippen molar-refractivity contribution in [3.05, 3.63) is 0 Å². The van der Waals surface area contributed by atoms with Crippen molar-refractivity contribution in [3.63, 3.8) is 0 Å². The van der Waals surface area contributed by atoms with E-state index in [1.165, 1.54) is 6.42 Å². The second kappa shape index (κ2) is 4.70. The molecule has 11 heavy (non-hydrogen) atoms. The highest BCUT2D eigenvalue weighted by Gasteiger charge is 2.20. The van der Waals surface area contributed by atoms with Gasteiger partial charge in [-0.3, -0.25) is 0 Å². The molecule has 0 aromatic carbocycles. The van der Waals surface area contributed by atoms with Crippen molar-refractivity contribution in [2.75, 3.05) is 32.8 Å². The Bertz CT molecular complexity index is 96.3. The Morgan fingerprint density at radius 2 is 2.36 bits per heavy atom. The second-order valence-corrected chi connectivity index (χ2v) is 3.26. The molecule has 1 saturated heterocycles. The molecule has 0 aromatic heterocycles. The predicted molar refractivity (Wildman–Crippen MR) is 45.3 cm³/mol. The fourth-order valence-electron chi connectivity index (χ4n) is 1.73. The smallest absolute Gasteiger partial charge is 0.0558 e. The molecular weight excluding hydrogens is 140 g/mol. The van der Waals surface area contributed by atoms with Gasteiger partial charge in [-0.15, -0.1) is 0 Å². The van der Waals surface area contributed by atoms with E-state index in [0.717, 1.165) is 38.5 Å². The minimum Gasteiger partial charge on any atom is -0.395 e. The number of rotatable bonds is 4. The highest BCUT2D eigenvalue weighted by molar-refractivity contribution is 4.75. The molecule has 0 aromatic rings. The third-order valence-corrected chi connectivity index (χ3v) is 2.36. The molecule has 0 aliphatic carbocycles. The summed E-state index contributed by atoms with van der Waals surface area (Å²) < 4.78 is 0. The molecule has 0 spiro atoms. The number of nitrogens with zero attached hydrogens (tertiary/aromatic N) is 1. The van der Waals surface area contributed by atoms with E-state index >= 15 is 0 Å². The highest BCUT2D eigenvalue weighted by atomic mass is 16.3. The first-order valence-corrected chi connectivity index (χ1v) is 4.40. The van der Waals surface area contributed by atoms with E-state index in [1.54, 1.807) is 0 Å². The van der Waals surface area contributed by atoms with Crippen LogP contribution in [0.15, 0.2) is 0 Å². The summed E-state index contributed by atoms with van der Waals surface area (Å²) in [6.45, 7) is 4.21. The third kappa shape index (κ3) is 2.77. The molecule has 1 aliphatic heterocycles. The van der Waals surface area contributed by atoms with Crippen LogP contribution in [0.4, 0.5) is 0 Å². The molecule has 3 N–H and O–H groups in total. The number of likely N-dealkylation sites (tertiary alicyclic amines) is 1. The van der Waals surface area contributed by atoms with Gasteiger partial charge >= 0.3 is 0 Å². The minimum atomic E-state index is 0.287. The highest BCUT2D eigenvalue weighted by Crippen LogP contribution is 2.17. The molecule has 1 atom stereocenters. The van der Waals surface area contributed by atoms with Crippen LogP contribution in [-0.4, -0.2) is 42.8 Å². The Labute approximate surface area is 68.2 Å². The molecule has 0 bridgehead atoms. The topological polar surface area (TPSA) is 49.5 Å². The van der Waals surface area contributed by atoms with Crippen molar-refractivity contribution in [2.45, 2.75) is 12.8 Å². The van der Waals surface area contributed by atoms with Gasteiger partial charge < -0.3 is 15.7 Å². The SMILES string of the molecule is NCCC1CCN(CCO)C1. The van der Waals surface area contributed by atoms with Gasteiger partial charge in [-0.05, 0) is 31.8 Å². The summed E-state index contributed by atoms with van der Waals surface area (Å²) in [7, 11) is 0. The fourth-order valence-corrected chi connectivity index (χ4v) is 1.73. The summed E-state index contributed by atoms with van der Waals surface area (Å²) >= 11 is 0. The lowest BCUT2D eigenvalue weighted by Gasteiger charge is -2.13. The van der Waals surface area contributed by atoms with Crippen LogP contribution in [0, 0.1) is 5.92 Å². The first-order chi connectivity index (χ1) is 5.36. The first kappa shape index (κ1) is 8.97. The van der Waals surface area contributed by atoms with E-state index in [0.29, 0.717) is 0 Å². The molecule has 1 rings (SSSR count). The lowest BCUT2D eigenvalue weighted by molar-refractivity contribution is 0.217. The summed E-state index contributed by atoms with van der Waals surface area (Å²) in [5, 5.41) is 8.68. The second-order valence-electron chi connectivity index (χ2n) is 3.26. The lowest BCUT2D eigenvalue weighted by atomic mass is 10.1. The Hall–Kier alpha value is -0.120. The molecule has 1 aliphatic rings. The summed E-state index contributed by atoms with van der Waals surface area (Å²) in [6.07, 6.45) is 2.40. The van der Waals surface area contributed by atoms with Crippen molar-refractivity contribution >= 4 is 0 Å². The molecule has 3 nitrogen and oxygen atoms in total. The van der Waals surface area contributed by atoms with Crippen LogP contribution in [-0.2, 0) is 0 Å². The number of β-amino-alcohol motifs (C(OH)–C–C–N with tert-alkyl or cyclic N) is 1. The summed E-state index contributed by atoms with van der Waals surface area (Å²) in [5.41, 5.74) is 5.46. The standard InChI is InChI=1S/C8H18N2O/c9-3-1-8-2-4-10(7-8)5-6-11/h8,11H,1-7,9H2. The summed E-state index contributed by atoms with van der Waals surface area (Å²) in [6, 6.07) is 0. The zero-order chi connectivity index (χ0) is 8.10. The first-order valence-electron chi connectivity index (χ1n) is 4.40. The predicted octanol–water partition coefficient (Wildman–Crippen LogP) is -0.351. The number of aliphatic hydroxyl groups is 1. The molecule has 1 fully saturated rings. The van der Waals surface area contributed by atoms with E-state index in [9.17, 15) is 0 Å². The minimum absolute atomic E-state index is 0.287. The Morgan fingerprint density at radius 3 is 3.00 bits per heavy atom. The molecule has 0 amide bonds. The van der Waals surface area contributed by atoms with Crippen LogP contribution in [0.3, 0.4) is 0 Å². The van der Waals surface area contributed by atoms with Crippen molar-refractivity contribution in [2.24, 2.45) is 11.7 Å². The fraction of sp³-hybridized carbons (Fsp3) is 1.00. The number of hydrogen-bond donors (Lipinski definition) is 2. The van der Waals surface area contributed by atoms with Gasteiger partial charge in [-0.1, -0.05) is 0 Å². The molecule has 0 radical (unpaired) electrons. The Kier molecular flexibility index (Phi) is 3.83. The van der Waals surface area contributed by atoms with Gasteiger partial charge in [0.1, 0.15) is 0 Å². The average molecular weight is 158 g/mol. The molecule has 66 valence electrons. The maximum atomic E-state index is 8.68. The third-order valence-electron chi connectivity index (χ3n) is 2.36. The van der Waals surface area contributed by atoms with E-state index < -0.39 is 0 Å². The van der Waals surface area contributed by atoms with Gasteiger partial charge in [0, 0.05) is 13.1 Å². The van der Waals surface area contributed by atoms with Gasteiger partial charge in [0.25, 0.3) is 0 Å². The van der Waals surface area contributed by atoms with Crippen LogP contribution in [0.25, 0.3) is 0 Å². The van der Waals surface area contributed by atoms with E-state index in [4.69, 9.17) is 10.8 Å². The Morgan fingerprint density at radius 1 is 1.55 bits per heavy atom. The van der Waals surface area contributed by atoms with Crippen molar-refractivity contribution in [1.82, 2.24) is 4.90 Å². The van der Waals surface area contributed by atoms with Crippen LogP contribution in [0.2, 0.25) is 0 Å². The maximum Gasteiger partial charge on any atom is 0.0558 e. The number of nitrogens with two attached hydrogens (primary N) is 1. The molecule has 0 saturated carbocycles. The van der Waals surface area contributed by atoms with Gasteiger partial charge in [0.2, 0.25) is 0 Å². The van der Waals surface area contributed by atoms with Crippen molar-refractivity contribution in [1.29, 1.82) is 0 Å². The molecule has 1 unspecified atom stereocenters. The normalized spacial score (nSPS) is 26.2. The maximum absolute atomic E-state index is 8.68. The van der Waals surface area contributed by atoms with Gasteiger partial charge in [0.05, 0.1) is 6.61 Å². The van der Waals surface area contributed by atoms with Gasteiger partial charge in [-0.25, -0.2) is 0 Å². The van der Waals surface area contributed by atoms with E-state index in [-0.39, 0.29) is 6.61 Å². The van der Waals surface area contributed by atoms with Crippen LogP contribution in [0.5, 0.6) is 0 Å². The zero-order valence-electron chi connectivity index (χ0n) is 7.00. The van der Waals surface area contributed by atoms with Crippen molar-refractivity contribution in [3.8, 4) is 0 Å². The largest absolute Gasteiger partial charge is 0.395 e. The summed E-state index contributed by atoms with van der Waals surface area (Å²) in [5.74, 6) is 0.784. The van der Waals surface area contributed by atoms with Crippen molar-refractivity contribution < 1.29 is 5.11 Å². The average Bonchev–Trinajstić information content (AvgIpc) is 2.38. The number of aliphatic hydroxyl groups excluding tert-OH is 1. The zero-order valence-corrected chi connectivity index (χ0v) is 7.00. The molecule has 1 heterocycles. The van der Waals surface area contributed by atoms with Crippen LogP contribution < -0.4 is 5.73 Å². The molecule has 3 heteroatoms. The van der Waals surface area contributed by atoms with Gasteiger partial charge in [0.15, 0.2) is 0 Å². The Balaban J connectivity index is 2.12. The van der Waals surface area contributed by atoms with E-state index in [1.807, 2.05) is 0 Å². The van der Waals surface area contributed by atoms with Crippen LogP contribution >= 0.6 is 0 Å². The number of hydrogen-bond acceptors (Lipinski definition) is 3. The monoisotopic (exact) mass is 158 g/mol. The van der Waals surface area contributed by atoms with Crippen LogP contribution in [0.1, 0.15) is 12.8 Å². The van der Waals surface area contributed by atoms with Gasteiger partial charge in [-0.2, -0.15) is 0 Å².